The van der Waals surface area contributed by atoms with Crippen molar-refractivity contribution in [2.45, 2.75) is 44.9 Å². The van der Waals surface area contributed by atoms with Crippen LogP contribution < -0.4 is 10.9 Å². The number of carbonyl (C=O) groups excluding carboxylic acids is 1. The first-order chi connectivity index (χ1) is 11.1. The minimum absolute atomic E-state index is 0.0133. The monoisotopic (exact) mass is 315 g/mol. The predicted octanol–water partition coefficient (Wildman–Crippen LogP) is 0.777. The average molecular weight is 315 g/mol. The molecule has 0 unspecified atom stereocenters. The molecule has 0 radical (unpaired) electrons. The number of nitrogens with one attached hydrogen (secondary N) is 1. The summed E-state index contributed by atoms with van der Waals surface area (Å²) in [5.41, 5.74) is 1.40. The lowest BCUT2D eigenvalue weighted by molar-refractivity contribution is -0.121. The van der Waals surface area contributed by atoms with Crippen LogP contribution in [0, 0.1) is 6.92 Å². The first-order valence-electron chi connectivity index (χ1n) is 7.94. The van der Waals surface area contributed by atoms with E-state index in [-0.39, 0.29) is 30.3 Å². The quantitative estimate of drug-likeness (QED) is 0.871. The first-order valence-corrected chi connectivity index (χ1v) is 7.94. The van der Waals surface area contributed by atoms with Gasteiger partial charge in [-0.2, -0.15) is 0 Å². The van der Waals surface area contributed by atoms with Crippen LogP contribution in [0.1, 0.15) is 24.8 Å². The van der Waals surface area contributed by atoms with Crippen molar-refractivity contribution in [2.24, 2.45) is 0 Å². The van der Waals surface area contributed by atoms with E-state index in [1.807, 2.05) is 19.1 Å². The summed E-state index contributed by atoms with van der Waals surface area (Å²) in [5, 5.41) is 13.6. The molecule has 2 atom stereocenters. The number of carbonyl (C=O) groups is 1. The van der Waals surface area contributed by atoms with Crippen LogP contribution in [0.15, 0.2) is 29.3 Å². The molecule has 0 bridgehead atoms. The number of benzene rings is 1. The number of rotatable bonds is 4. The second-order valence-electron chi connectivity index (χ2n) is 6.16. The smallest absolute Gasteiger partial charge is 0.261 e. The number of aliphatic hydroxyl groups excluding tert-OH is 1. The van der Waals surface area contributed by atoms with Gasteiger partial charge in [-0.15, -0.1) is 0 Å². The molecule has 1 aliphatic heterocycles. The van der Waals surface area contributed by atoms with Crippen molar-refractivity contribution in [1.29, 1.82) is 0 Å². The van der Waals surface area contributed by atoms with Crippen LogP contribution in [0.4, 0.5) is 0 Å². The maximum Gasteiger partial charge on any atom is 0.261 e. The number of aliphatic hydroxyl groups is 1. The van der Waals surface area contributed by atoms with Crippen LogP contribution in [0.5, 0.6) is 0 Å². The van der Waals surface area contributed by atoms with Gasteiger partial charge in [-0.1, -0.05) is 12.1 Å². The molecule has 2 aromatic rings. The van der Waals surface area contributed by atoms with Crippen molar-refractivity contribution in [2.75, 3.05) is 6.54 Å². The number of Topliss-reactive ketones (excluding diaryl/α,β-unsaturated/α-hetero) is 1. The van der Waals surface area contributed by atoms with Crippen molar-refractivity contribution < 1.29 is 9.90 Å². The fourth-order valence-electron chi connectivity index (χ4n) is 3.09. The summed E-state index contributed by atoms with van der Waals surface area (Å²) in [6, 6.07) is 5.23. The summed E-state index contributed by atoms with van der Waals surface area (Å²) < 4.78 is 1.35. The molecule has 1 aliphatic rings. The Morgan fingerprint density at radius 1 is 1.48 bits per heavy atom. The first kappa shape index (κ1) is 15.8. The molecule has 1 fully saturated rings. The third kappa shape index (κ3) is 3.33. The second-order valence-corrected chi connectivity index (χ2v) is 6.16. The topological polar surface area (TPSA) is 84.2 Å². The Bertz CT molecular complexity index is 784. The van der Waals surface area contributed by atoms with Gasteiger partial charge in [0.15, 0.2) is 5.78 Å². The number of nitrogens with zero attached hydrogens (tertiary/aromatic N) is 2. The lowest BCUT2D eigenvalue weighted by atomic mass is 9.97. The van der Waals surface area contributed by atoms with Gasteiger partial charge < -0.3 is 10.4 Å². The Hall–Kier alpha value is -2.05. The van der Waals surface area contributed by atoms with Crippen LogP contribution in [-0.4, -0.2) is 39.1 Å². The van der Waals surface area contributed by atoms with E-state index in [9.17, 15) is 14.7 Å². The third-order valence-electron chi connectivity index (χ3n) is 4.40. The highest BCUT2D eigenvalue weighted by molar-refractivity contribution is 5.82. The van der Waals surface area contributed by atoms with Crippen molar-refractivity contribution in [1.82, 2.24) is 14.9 Å². The van der Waals surface area contributed by atoms with Gasteiger partial charge in [0.05, 0.1) is 29.9 Å². The minimum atomic E-state index is -0.498. The van der Waals surface area contributed by atoms with Crippen molar-refractivity contribution in [3.63, 3.8) is 0 Å². The SMILES string of the molecule is Cc1cccc2c(=O)n(CC(=O)C[C@H]3NCCC[C@@H]3O)cnc12. The predicted molar refractivity (Wildman–Crippen MR) is 87.4 cm³/mol. The molecule has 0 spiro atoms. The van der Waals surface area contributed by atoms with Crippen LogP contribution in [0.2, 0.25) is 0 Å². The largest absolute Gasteiger partial charge is 0.391 e. The summed E-state index contributed by atoms with van der Waals surface area (Å²) in [6.45, 7) is 2.70. The number of aromatic nitrogens is 2. The zero-order valence-corrected chi connectivity index (χ0v) is 13.2. The Balaban J connectivity index is 1.77. The highest BCUT2D eigenvalue weighted by atomic mass is 16.3. The molecule has 2 N–H and O–H groups in total. The maximum absolute atomic E-state index is 12.5. The normalized spacial score (nSPS) is 21.5. The number of hydrogen-bond donors (Lipinski definition) is 2. The fraction of sp³-hybridized carbons (Fsp3) is 0.471. The fourth-order valence-corrected chi connectivity index (χ4v) is 3.09. The lowest BCUT2D eigenvalue weighted by Gasteiger charge is -2.28. The number of aryl methyl sites for hydroxylation is 1. The third-order valence-corrected chi connectivity index (χ3v) is 4.40. The molecule has 0 saturated carbocycles. The van der Waals surface area contributed by atoms with Crippen LogP contribution in [0.3, 0.4) is 0 Å². The van der Waals surface area contributed by atoms with Gasteiger partial charge in [0.1, 0.15) is 0 Å². The zero-order valence-electron chi connectivity index (χ0n) is 13.2. The molecule has 6 heteroatoms. The zero-order chi connectivity index (χ0) is 16.4. The van der Waals surface area contributed by atoms with E-state index in [0.717, 1.165) is 18.5 Å². The van der Waals surface area contributed by atoms with Gasteiger partial charge in [0, 0.05) is 12.5 Å². The Labute approximate surface area is 134 Å². The summed E-state index contributed by atoms with van der Waals surface area (Å²) >= 11 is 0. The Morgan fingerprint density at radius 2 is 2.30 bits per heavy atom. The van der Waals surface area contributed by atoms with Gasteiger partial charge in [-0.3, -0.25) is 14.2 Å². The molecule has 1 saturated heterocycles. The van der Waals surface area contributed by atoms with Crippen molar-refractivity contribution >= 4 is 16.7 Å². The molecule has 3 rings (SSSR count). The van der Waals surface area contributed by atoms with Crippen molar-refractivity contribution in [3.05, 3.63) is 40.4 Å². The molecule has 1 aromatic carbocycles. The lowest BCUT2D eigenvalue weighted by Crippen LogP contribution is -2.46. The van der Waals surface area contributed by atoms with E-state index in [4.69, 9.17) is 0 Å². The standard InChI is InChI=1S/C17H21N3O3/c1-11-4-2-5-13-16(11)19-10-20(17(13)23)9-12(21)8-14-15(22)6-3-7-18-14/h2,4-5,10,14-15,18,22H,3,6-9H2,1H3/t14-,15+/m1/s1. The molecule has 122 valence electrons. The molecular weight excluding hydrogens is 294 g/mol. The Morgan fingerprint density at radius 3 is 3.09 bits per heavy atom. The van der Waals surface area contributed by atoms with E-state index < -0.39 is 6.10 Å². The molecule has 2 heterocycles. The van der Waals surface area contributed by atoms with E-state index in [2.05, 4.69) is 10.3 Å². The summed E-state index contributed by atoms with van der Waals surface area (Å²) in [6.07, 6.45) is 2.78. The number of fused-ring (bicyclic) bond motifs is 1. The Kier molecular flexibility index (Phi) is 4.54. The maximum atomic E-state index is 12.5. The highest BCUT2D eigenvalue weighted by Gasteiger charge is 2.25. The molecule has 1 aromatic heterocycles. The van der Waals surface area contributed by atoms with E-state index in [1.54, 1.807) is 6.07 Å². The van der Waals surface area contributed by atoms with Crippen LogP contribution in [-0.2, 0) is 11.3 Å². The highest BCUT2D eigenvalue weighted by Crippen LogP contribution is 2.13. The molecular formula is C17H21N3O3. The number of ketones is 1. The molecule has 0 amide bonds. The van der Waals surface area contributed by atoms with Crippen molar-refractivity contribution in [3.8, 4) is 0 Å². The van der Waals surface area contributed by atoms with Gasteiger partial charge in [-0.25, -0.2) is 4.98 Å². The summed E-state index contributed by atoms with van der Waals surface area (Å²) in [4.78, 5) is 29.0. The van der Waals surface area contributed by atoms with Gasteiger partial charge in [-0.05, 0) is 37.9 Å². The minimum Gasteiger partial charge on any atom is -0.391 e. The summed E-state index contributed by atoms with van der Waals surface area (Å²) in [7, 11) is 0. The van der Waals surface area contributed by atoms with E-state index >= 15 is 0 Å². The van der Waals surface area contributed by atoms with Gasteiger partial charge in [0.25, 0.3) is 5.56 Å². The number of piperidine rings is 1. The average Bonchev–Trinajstić information content (AvgIpc) is 2.53. The second kappa shape index (κ2) is 6.60. The molecule has 23 heavy (non-hydrogen) atoms. The number of hydrogen-bond acceptors (Lipinski definition) is 5. The van der Waals surface area contributed by atoms with E-state index in [1.165, 1.54) is 10.9 Å². The van der Waals surface area contributed by atoms with Gasteiger partial charge >= 0.3 is 0 Å². The van der Waals surface area contributed by atoms with Crippen LogP contribution >= 0.6 is 0 Å². The number of para-hydroxylation sites is 1. The molecule has 0 aliphatic carbocycles. The van der Waals surface area contributed by atoms with Gasteiger partial charge in [0.2, 0.25) is 0 Å². The molecule has 6 nitrogen and oxygen atoms in total. The van der Waals surface area contributed by atoms with Crippen LogP contribution in [0.25, 0.3) is 10.9 Å². The van der Waals surface area contributed by atoms with E-state index in [0.29, 0.717) is 17.3 Å². The summed E-state index contributed by atoms with van der Waals surface area (Å²) in [5.74, 6) is -0.0839.